The average molecular weight is 494 g/mol. The molecular formula is C24H23N5O5S. The first-order valence-corrected chi connectivity index (χ1v) is 12.6. The van der Waals surface area contributed by atoms with Crippen molar-refractivity contribution in [1.29, 1.82) is 0 Å². The molecule has 0 fully saturated rings. The van der Waals surface area contributed by atoms with Gasteiger partial charge in [0, 0.05) is 55.3 Å². The third-order valence-corrected chi connectivity index (χ3v) is 6.83. The van der Waals surface area contributed by atoms with E-state index in [0.717, 1.165) is 17.7 Å². The van der Waals surface area contributed by atoms with Crippen molar-refractivity contribution in [3.63, 3.8) is 0 Å². The molecule has 1 amide bonds. The van der Waals surface area contributed by atoms with E-state index >= 15 is 0 Å². The number of nitrogens with zero attached hydrogens (tertiary/aromatic N) is 3. The second-order valence-corrected chi connectivity index (χ2v) is 9.65. The highest BCUT2D eigenvalue weighted by Gasteiger charge is 2.19. The lowest BCUT2D eigenvalue weighted by Gasteiger charge is -2.11. The second-order valence-electron chi connectivity index (χ2n) is 7.89. The third kappa shape index (κ3) is 5.26. The Balaban J connectivity index is 1.15. The number of aromatic nitrogens is 3. The fraction of sp³-hybridized carbons (Fsp3) is 0.208. The largest absolute Gasteiger partial charge is 0.490 e. The molecule has 1 aliphatic heterocycles. The van der Waals surface area contributed by atoms with E-state index in [1.54, 1.807) is 24.4 Å². The van der Waals surface area contributed by atoms with E-state index in [9.17, 15) is 13.2 Å². The predicted octanol–water partition coefficient (Wildman–Crippen LogP) is 2.86. The number of nitrogens with one attached hydrogen (secondary N) is 2. The standard InChI is InChI=1S/C24H23N5O5S/c30-23(9-11-26-35(31,32)19-7-8-21-22(15-19)34-14-2-13-33-21)27-18-5-3-17(4-6-18)20-16-29-12-1-10-25-24(29)28-20/h1,3-8,10,12,15-16,26H,2,9,11,13-14H2,(H,27,30). The molecule has 3 heterocycles. The van der Waals surface area contributed by atoms with Gasteiger partial charge in [-0.25, -0.2) is 23.1 Å². The van der Waals surface area contributed by atoms with Crippen LogP contribution in [0, 0.1) is 0 Å². The summed E-state index contributed by atoms with van der Waals surface area (Å²) in [5.41, 5.74) is 2.26. The van der Waals surface area contributed by atoms with E-state index in [2.05, 4.69) is 20.0 Å². The number of benzene rings is 2. The molecule has 5 rings (SSSR count). The van der Waals surface area contributed by atoms with Crippen LogP contribution in [0.3, 0.4) is 0 Å². The Hall–Kier alpha value is -3.96. The molecule has 0 saturated heterocycles. The van der Waals surface area contributed by atoms with E-state index in [-0.39, 0.29) is 23.8 Å². The first-order valence-electron chi connectivity index (χ1n) is 11.1. The monoisotopic (exact) mass is 493 g/mol. The molecule has 2 aromatic heterocycles. The van der Waals surface area contributed by atoms with Gasteiger partial charge in [0.15, 0.2) is 11.5 Å². The molecule has 0 aliphatic carbocycles. The highest BCUT2D eigenvalue weighted by atomic mass is 32.2. The SMILES string of the molecule is O=C(CCNS(=O)(=O)c1ccc2c(c1)OCCCO2)Nc1ccc(-c2cn3cccnc3n2)cc1. The summed E-state index contributed by atoms with van der Waals surface area (Å²) in [4.78, 5) is 21.1. The summed E-state index contributed by atoms with van der Waals surface area (Å²) >= 11 is 0. The zero-order chi connectivity index (χ0) is 24.3. The van der Waals surface area contributed by atoms with Crippen LogP contribution in [0.1, 0.15) is 12.8 Å². The lowest BCUT2D eigenvalue weighted by molar-refractivity contribution is -0.116. The number of hydrogen-bond acceptors (Lipinski definition) is 7. The summed E-state index contributed by atoms with van der Waals surface area (Å²) in [7, 11) is -3.80. The Bertz CT molecular complexity index is 1430. The molecule has 0 radical (unpaired) electrons. The predicted molar refractivity (Wildman–Crippen MR) is 129 cm³/mol. The van der Waals surface area contributed by atoms with E-state index in [1.807, 2.05) is 35.0 Å². The lowest BCUT2D eigenvalue weighted by atomic mass is 10.1. The molecule has 1 aliphatic rings. The van der Waals surface area contributed by atoms with Gasteiger partial charge in [0.05, 0.1) is 23.8 Å². The third-order valence-electron chi connectivity index (χ3n) is 5.37. The number of imidazole rings is 1. The minimum absolute atomic E-state index is 0.0242. The van der Waals surface area contributed by atoms with Crippen molar-refractivity contribution in [2.45, 2.75) is 17.7 Å². The Morgan fingerprint density at radius 1 is 1.06 bits per heavy atom. The number of fused-ring (bicyclic) bond motifs is 2. The van der Waals surface area contributed by atoms with Crippen LogP contribution in [0.5, 0.6) is 11.5 Å². The van der Waals surface area contributed by atoms with Gasteiger partial charge in [-0.15, -0.1) is 0 Å². The van der Waals surface area contributed by atoms with Crippen LogP contribution in [0.15, 0.2) is 72.0 Å². The van der Waals surface area contributed by atoms with E-state index in [4.69, 9.17) is 9.47 Å². The molecule has 0 saturated carbocycles. The van der Waals surface area contributed by atoms with Gasteiger partial charge >= 0.3 is 0 Å². The molecule has 35 heavy (non-hydrogen) atoms. The van der Waals surface area contributed by atoms with Crippen LogP contribution >= 0.6 is 0 Å². The van der Waals surface area contributed by atoms with Gasteiger partial charge in [-0.1, -0.05) is 12.1 Å². The number of sulfonamides is 1. The topological polar surface area (TPSA) is 124 Å². The van der Waals surface area contributed by atoms with E-state index in [0.29, 0.717) is 36.2 Å². The van der Waals surface area contributed by atoms with Crippen LogP contribution in [0.2, 0.25) is 0 Å². The van der Waals surface area contributed by atoms with Gasteiger partial charge in [0.25, 0.3) is 0 Å². The van der Waals surface area contributed by atoms with Crippen molar-refractivity contribution in [2.24, 2.45) is 0 Å². The maximum absolute atomic E-state index is 12.6. The Kier molecular flexibility index (Phi) is 6.34. The summed E-state index contributed by atoms with van der Waals surface area (Å²) in [5, 5.41) is 2.77. The number of hydrogen-bond donors (Lipinski definition) is 2. The van der Waals surface area contributed by atoms with Gasteiger partial charge in [0.1, 0.15) is 0 Å². The van der Waals surface area contributed by atoms with Gasteiger partial charge in [0.2, 0.25) is 21.7 Å². The highest BCUT2D eigenvalue weighted by molar-refractivity contribution is 7.89. The number of carbonyl (C=O) groups is 1. The number of ether oxygens (including phenoxy) is 2. The molecule has 11 heteroatoms. The first-order chi connectivity index (χ1) is 17.0. The molecule has 10 nitrogen and oxygen atoms in total. The first kappa shape index (κ1) is 22.8. The minimum atomic E-state index is -3.80. The number of carbonyl (C=O) groups excluding carboxylic acids is 1. The molecule has 0 unspecified atom stereocenters. The van der Waals surface area contributed by atoms with Crippen molar-refractivity contribution < 1.29 is 22.7 Å². The van der Waals surface area contributed by atoms with Crippen LogP contribution < -0.4 is 19.5 Å². The van der Waals surface area contributed by atoms with E-state index in [1.165, 1.54) is 12.1 Å². The molecule has 0 bridgehead atoms. The smallest absolute Gasteiger partial charge is 0.240 e. The van der Waals surface area contributed by atoms with Gasteiger partial charge in [-0.2, -0.15) is 0 Å². The van der Waals surface area contributed by atoms with Gasteiger partial charge in [-0.3, -0.25) is 9.20 Å². The Morgan fingerprint density at radius 3 is 2.66 bits per heavy atom. The Labute approximate surface area is 202 Å². The van der Waals surface area contributed by atoms with Crippen molar-refractivity contribution in [3.05, 3.63) is 67.1 Å². The van der Waals surface area contributed by atoms with Crippen LogP contribution in [-0.4, -0.2) is 48.5 Å². The van der Waals surface area contributed by atoms with Crippen LogP contribution in [0.25, 0.3) is 17.0 Å². The molecule has 180 valence electrons. The van der Waals surface area contributed by atoms with Gasteiger partial charge in [-0.05, 0) is 30.3 Å². The second kappa shape index (κ2) is 9.72. The quantitative estimate of drug-likeness (QED) is 0.406. The van der Waals surface area contributed by atoms with Crippen molar-refractivity contribution >= 4 is 27.4 Å². The zero-order valence-corrected chi connectivity index (χ0v) is 19.5. The molecular weight excluding hydrogens is 470 g/mol. The lowest BCUT2D eigenvalue weighted by Crippen LogP contribution is -2.27. The molecule has 2 N–H and O–H groups in total. The van der Waals surface area contributed by atoms with Gasteiger partial charge < -0.3 is 14.8 Å². The fourth-order valence-corrected chi connectivity index (χ4v) is 4.66. The summed E-state index contributed by atoms with van der Waals surface area (Å²) in [6, 6.07) is 13.5. The van der Waals surface area contributed by atoms with Crippen LogP contribution in [0.4, 0.5) is 5.69 Å². The van der Waals surface area contributed by atoms with Crippen molar-refractivity contribution in [1.82, 2.24) is 19.1 Å². The fourth-order valence-electron chi connectivity index (χ4n) is 3.61. The zero-order valence-electron chi connectivity index (χ0n) is 18.7. The highest BCUT2D eigenvalue weighted by Crippen LogP contribution is 2.31. The normalized spacial score (nSPS) is 13.4. The summed E-state index contributed by atoms with van der Waals surface area (Å²) in [5.74, 6) is 1.21. The van der Waals surface area contributed by atoms with Crippen molar-refractivity contribution in [3.8, 4) is 22.8 Å². The summed E-state index contributed by atoms with van der Waals surface area (Å²) in [6.45, 7) is 0.934. The molecule has 4 aromatic rings. The van der Waals surface area contributed by atoms with Crippen LogP contribution in [-0.2, 0) is 14.8 Å². The molecule has 2 aromatic carbocycles. The number of amides is 1. The maximum atomic E-state index is 12.6. The Morgan fingerprint density at radius 2 is 1.86 bits per heavy atom. The minimum Gasteiger partial charge on any atom is -0.490 e. The number of anilines is 1. The van der Waals surface area contributed by atoms with E-state index < -0.39 is 10.0 Å². The maximum Gasteiger partial charge on any atom is 0.240 e. The molecule has 0 atom stereocenters. The summed E-state index contributed by atoms with van der Waals surface area (Å²) < 4.78 is 40.6. The molecule has 0 spiro atoms. The van der Waals surface area contributed by atoms with Crippen molar-refractivity contribution in [2.75, 3.05) is 25.1 Å². The average Bonchev–Trinajstić information content (AvgIpc) is 3.15. The summed E-state index contributed by atoms with van der Waals surface area (Å²) in [6.07, 6.45) is 6.14. The number of rotatable bonds is 7.